The molecule has 6 heteroatoms. The Labute approximate surface area is 153 Å². The molecule has 1 heterocycles. The minimum Gasteiger partial charge on any atom is -0.340 e. The lowest BCUT2D eigenvalue weighted by molar-refractivity contribution is -0.137. The number of amides is 3. The number of hydrogen-bond acceptors (Lipinski definition) is 3. The van der Waals surface area contributed by atoms with Gasteiger partial charge in [0.25, 0.3) is 0 Å². The predicted molar refractivity (Wildman–Crippen MR) is 102 cm³/mol. The molecule has 1 saturated heterocycles. The van der Waals surface area contributed by atoms with Gasteiger partial charge in [0.2, 0.25) is 5.91 Å². The fourth-order valence-electron chi connectivity index (χ4n) is 3.66. The molecule has 5 nitrogen and oxygen atoms in total. The third-order valence-electron chi connectivity index (χ3n) is 5.02. The Morgan fingerprint density at radius 2 is 1.80 bits per heavy atom. The van der Waals surface area contributed by atoms with Crippen LogP contribution in [0.1, 0.15) is 37.7 Å². The number of benzene rings is 1. The Hall–Kier alpha value is -1.69. The molecule has 2 fully saturated rings. The van der Waals surface area contributed by atoms with Gasteiger partial charge in [-0.2, -0.15) is 11.8 Å². The lowest BCUT2D eigenvalue weighted by Gasteiger charge is -2.34. The normalized spacial score (nSPS) is 19.9. The van der Waals surface area contributed by atoms with E-state index in [0.717, 1.165) is 62.3 Å². The topological polar surface area (TPSA) is 61.4 Å². The third-order valence-corrected chi connectivity index (χ3v) is 6.07. The van der Waals surface area contributed by atoms with Crippen molar-refractivity contribution < 1.29 is 9.59 Å². The molecule has 1 aromatic rings. The average molecular weight is 362 g/mol. The van der Waals surface area contributed by atoms with Crippen molar-refractivity contribution in [3.63, 3.8) is 0 Å². The van der Waals surface area contributed by atoms with Gasteiger partial charge in [-0.1, -0.05) is 43.2 Å². The number of carbonyl (C=O) groups excluding carboxylic acids is 2. The standard InChI is InChI=1S/C19H27N3O2S/c23-17(22-11-6-13-25-14-12-22)19(9-4-5-10-19)21-18(24)20-15-16-7-2-1-3-8-16/h1-3,7-8H,4-6,9-15H2,(H2,20,21,24). The lowest BCUT2D eigenvalue weighted by atomic mass is 9.95. The van der Waals surface area contributed by atoms with Crippen LogP contribution in [0.4, 0.5) is 4.79 Å². The molecule has 1 aliphatic heterocycles. The van der Waals surface area contributed by atoms with Gasteiger partial charge in [-0.15, -0.1) is 0 Å². The highest BCUT2D eigenvalue weighted by Crippen LogP contribution is 2.32. The SMILES string of the molecule is O=C(NCc1ccccc1)NC1(C(=O)N2CCCSCC2)CCCC1. The third kappa shape index (κ3) is 4.69. The predicted octanol–water partition coefficient (Wildman–Crippen LogP) is 2.76. The number of nitrogens with one attached hydrogen (secondary N) is 2. The van der Waals surface area contributed by atoms with Gasteiger partial charge < -0.3 is 15.5 Å². The van der Waals surface area contributed by atoms with Crippen LogP contribution in [0, 0.1) is 0 Å². The summed E-state index contributed by atoms with van der Waals surface area (Å²) in [5.74, 6) is 2.21. The van der Waals surface area contributed by atoms with Gasteiger partial charge in [0.15, 0.2) is 0 Å². The summed E-state index contributed by atoms with van der Waals surface area (Å²) in [6, 6.07) is 9.57. The van der Waals surface area contributed by atoms with Crippen LogP contribution in [0.3, 0.4) is 0 Å². The van der Waals surface area contributed by atoms with Crippen molar-refractivity contribution in [2.45, 2.75) is 44.2 Å². The maximum atomic E-state index is 13.2. The van der Waals surface area contributed by atoms with Gasteiger partial charge in [0, 0.05) is 25.4 Å². The summed E-state index contributed by atoms with van der Waals surface area (Å²) >= 11 is 1.90. The van der Waals surface area contributed by atoms with Crippen molar-refractivity contribution in [1.29, 1.82) is 0 Å². The van der Waals surface area contributed by atoms with Crippen molar-refractivity contribution >= 4 is 23.7 Å². The summed E-state index contributed by atoms with van der Waals surface area (Å²) in [5.41, 5.74) is 0.337. The molecule has 0 atom stereocenters. The molecule has 1 saturated carbocycles. The van der Waals surface area contributed by atoms with Crippen LogP contribution in [-0.2, 0) is 11.3 Å². The van der Waals surface area contributed by atoms with Crippen LogP contribution in [0.25, 0.3) is 0 Å². The Bertz CT molecular complexity index is 580. The number of urea groups is 1. The number of rotatable bonds is 4. The number of nitrogens with zero attached hydrogens (tertiary/aromatic N) is 1. The first-order chi connectivity index (χ1) is 12.2. The van der Waals surface area contributed by atoms with E-state index in [1.54, 1.807) is 0 Å². The van der Waals surface area contributed by atoms with Crippen molar-refractivity contribution in [2.75, 3.05) is 24.6 Å². The summed E-state index contributed by atoms with van der Waals surface area (Å²) in [6.45, 7) is 2.07. The lowest BCUT2D eigenvalue weighted by Crippen LogP contribution is -2.60. The zero-order valence-corrected chi connectivity index (χ0v) is 15.4. The highest BCUT2D eigenvalue weighted by Gasteiger charge is 2.44. The van der Waals surface area contributed by atoms with Gasteiger partial charge >= 0.3 is 6.03 Å². The van der Waals surface area contributed by atoms with Gasteiger partial charge in [-0.05, 0) is 30.6 Å². The smallest absolute Gasteiger partial charge is 0.315 e. The molecule has 1 aliphatic carbocycles. The van der Waals surface area contributed by atoms with Crippen molar-refractivity contribution in [2.24, 2.45) is 0 Å². The van der Waals surface area contributed by atoms with Crippen molar-refractivity contribution in [1.82, 2.24) is 15.5 Å². The van der Waals surface area contributed by atoms with Gasteiger partial charge in [0.05, 0.1) is 0 Å². The summed E-state index contributed by atoms with van der Waals surface area (Å²) < 4.78 is 0. The second kappa shape index (κ2) is 8.61. The van der Waals surface area contributed by atoms with Crippen LogP contribution in [0.2, 0.25) is 0 Å². The van der Waals surface area contributed by atoms with Crippen molar-refractivity contribution in [3.05, 3.63) is 35.9 Å². The van der Waals surface area contributed by atoms with E-state index in [9.17, 15) is 9.59 Å². The maximum absolute atomic E-state index is 13.2. The Morgan fingerprint density at radius 1 is 1.04 bits per heavy atom. The van der Waals surface area contributed by atoms with Crippen LogP contribution in [-0.4, -0.2) is 47.0 Å². The second-order valence-electron chi connectivity index (χ2n) is 6.84. The molecule has 0 aromatic heterocycles. The van der Waals surface area contributed by atoms with Crippen LogP contribution in [0.15, 0.2) is 30.3 Å². The molecule has 1 aromatic carbocycles. The van der Waals surface area contributed by atoms with E-state index in [2.05, 4.69) is 10.6 Å². The number of carbonyl (C=O) groups is 2. The molecular weight excluding hydrogens is 334 g/mol. The van der Waals surface area contributed by atoms with Gasteiger partial charge in [0.1, 0.15) is 5.54 Å². The fourth-order valence-corrected chi connectivity index (χ4v) is 4.55. The Morgan fingerprint density at radius 3 is 2.56 bits per heavy atom. The summed E-state index contributed by atoms with van der Waals surface area (Å²) in [4.78, 5) is 27.6. The largest absolute Gasteiger partial charge is 0.340 e. The monoisotopic (exact) mass is 361 g/mol. The van der Waals surface area contributed by atoms with Crippen molar-refractivity contribution in [3.8, 4) is 0 Å². The first kappa shape index (κ1) is 18.1. The van der Waals surface area contributed by atoms with E-state index in [-0.39, 0.29) is 11.9 Å². The van der Waals surface area contributed by atoms with Gasteiger partial charge in [-0.25, -0.2) is 4.79 Å². The van der Waals surface area contributed by atoms with Crippen LogP contribution >= 0.6 is 11.8 Å². The molecule has 25 heavy (non-hydrogen) atoms. The second-order valence-corrected chi connectivity index (χ2v) is 8.07. The number of thioether (sulfide) groups is 1. The molecule has 0 spiro atoms. The summed E-state index contributed by atoms with van der Waals surface area (Å²) in [5, 5.41) is 5.93. The van der Waals surface area contributed by atoms with Gasteiger partial charge in [-0.3, -0.25) is 4.79 Å². The molecule has 0 bridgehead atoms. The number of hydrogen-bond donors (Lipinski definition) is 2. The maximum Gasteiger partial charge on any atom is 0.315 e. The zero-order valence-electron chi connectivity index (χ0n) is 14.6. The molecular formula is C19H27N3O2S. The Kier molecular flexibility index (Phi) is 6.24. The molecule has 0 unspecified atom stereocenters. The highest BCUT2D eigenvalue weighted by molar-refractivity contribution is 7.99. The molecule has 2 N–H and O–H groups in total. The fraction of sp³-hybridized carbons (Fsp3) is 0.579. The molecule has 136 valence electrons. The molecule has 3 rings (SSSR count). The van der Waals surface area contributed by atoms with Crippen LogP contribution in [0.5, 0.6) is 0 Å². The van der Waals surface area contributed by atoms with Crippen LogP contribution < -0.4 is 10.6 Å². The quantitative estimate of drug-likeness (QED) is 0.867. The first-order valence-corrected chi connectivity index (χ1v) is 10.3. The van der Waals surface area contributed by atoms with E-state index in [4.69, 9.17) is 0 Å². The minimum atomic E-state index is -0.713. The highest BCUT2D eigenvalue weighted by atomic mass is 32.2. The molecule has 3 amide bonds. The van der Waals surface area contributed by atoms with E-state index >= 15 is 0 Å². The average Bonchev–Trinajstić information content (AvgIpc) is 2.94. The summed E-state index contributed by atoms with van der Waals surface area (Å²) in [6.07, 6.45) is 4.51. The summed E-state index contributed by atoms with van der Waals surface area (Å²) in [7, 11) is 0. The first-order valence-electron chi connectivity index (χ1n) is 9.17. The van der Waals surface area contributed by atoms with E-state index in [1.165, 1.54) is 0 Å². The molecule has 0 radical (unpaired) electrons. The molecule has 2 aliphatic rings. The van der Waals surface area contributed by atoms with E-state index < -0.39 is 5.54 Å². The van der Waals surface area contributed by atoms with E-state index in [1.807, 2.05) is 47.0 Å². The Balaban J connectivity index is 1.61. The minimum absolute atomic E-state index is 0.113. The zero-order chi connectivity index (χ0) is 17.5. The van der Waals surface area contributed by atoms with E-state index in [0.29, 0.717) is 6.54 Å².